The summed E-state index contributed by atoms with van der Waals surface area (Å²) < 4.78 is 3.01. The van der Waals surface area contributed by atoms with Gasteiger partial charge in [0.2, 0.25) is 0 Å². The van der Waals surface area contributed by atoms with Gasteiger partial charge in [0.25, 0.3) is 0 Å². The van der Waals surface area contributed by atoms with E-state index in [1.807, 2.05) is 25.5 Å². The number of halogens is 1. The summed E-state index contributed by atoms with van der Waals surface area (Å²) in [5, 5.41) is 4.41. The van der Waals surface area contributed by atoms with E-state index in [-0.39, 0.29) is 5.92 Å². The smallest absolute Gasteiger partial charge is 0.135 e. The summed E-state index contributed by atoms with van der Waals surface area (Å²) in [6.45, 7) is 8.77. The van der Waals surface area contributed by atoms with Crippen LogP contribution in [0.5, 0.6) is 0 Å². The third kappa shape index (κ3) is 2.94. The molecule has 0 spiro atoms. The van der Waals surface area contributed by atoms with Gasteiger partial charge in [0.05, 0.1) is 15.9 Å². The van der Waals surface area contributed by atoms with Gasteiger partial charge in [0.1, 0.15) is 5.78 Å². The van der Waals surface area contributed by atoms with E-state index in [9.17, 15) is 4.79 Å². The molecule has 0 aliphatic rings. The van der Waals surface area contributed by atoms with Crippen LogP contribution in [0, 0.1) is 12.8 Å². The molecule has 0 N–H and O–H groups in total. The number of rotatable bonds is 5. The monoisotopic (exact) mass is 286 g/mol. The molecule has 4 heteroatoms. The van der Waals surface area contributed by atoms with E-state index in [2.05, 4.69) is 28.0 Å². The number of hydrogen-bond acceptors (Lipinski definition) is 2. The quantitative estimate of drug-likeness (QED) is 0.834. The van der Waals surface area contributed by atoms with Crippen LogP contribution in [0.4, 0.5) is 0 Å². The van der Waals surface area contributed by atoms with E-state index in [4.69, 9.17) is 0 Å². The lowest BCUT2D eigenvalue weighted by Crippen LogP contribution is -2.10. The molecule has 1 rings (SSSR count). The second kappa shape index (κ2) is 5.62. The molecule has 0 aliphatic heterocycles. The molecule has 0 atom stereocenters. The van der Waals surface area contributed by atoms with Crippen LogP contribution in [0.15, 0.2) is 4.47 Å². The zero-order valence-corrected chi connectivity index (χ0v) is 12.0. The van der Waals surface area contributed by atoms with Crippen LogP contribution < -0.4 is 0 Å². The first-order valence-electron chi connectivity index (χ1n) is 5.71. The Morgan fingerprint density at radius 3 is 2.62 bits per heavy atom. The van der Waals surface area contributed by atoms with E-state index in [1.54, 1.807) is 0 Å². The molecule has 0 bridgehead atoms. The van der Waals surface area contributed by atoms with Gasteiger partial charge in [-0.3, -0.25) is 9.48 Å². The van der Waals surface area contributed by atoms with Crippen molar-refractivity contribution in [3.05, 3.63) is 15.9 Å². The zero-order chi connectivity index (χ0) is 12.3. The summed E-state index contributed by atoms with van der Waals surface area (Å²) >= 11 is 3.53. The second-order valence-corrected chi connectivity index (χ2v) is 5.08. The lowest BCUT2D eigenvalue weighted by Gasteiger charge is -2.06. The first-order chi connectivity index (χ1) is 7.47. The molecule has 3 nitrogen and oxygen atoms in total. The minimum atomic E-state index is 0.123. The van der Waals surface area contributed by atoms with E-state index in [0.29, 0.717) is 12.2 Å². The van der Waals surface area contributed by atoms with E-state index >= 15 is 0 Å². The fourth-order valence-electron chi connectivity index (χ4n) is 1.64. The fraction of sp³-hybridized carbons (Fsp3) is 0.667. The van der Waals surface area contributed by atoms with Crippen molar-refractivity contribution in [2.24, 2.45) is 5.92 Å². The number of carbonyl (C=O) groups excluding carboxylic acids is 1. The van der Waals surface area contributed by atoms with Gasteiger partial charge >= 0.3 is 0 Å². The van der Waals surface area contributed by atoms with Crippen LogP contribution in [0.2, 0.25) is 0 Å². The SMILES string of the molecule is CCn1nc(C)c(Br)c1CCC(=O)C(C)C. The van der Waals surface area contributed by atoms with Gasteiger partial charge in [-0.05, 0) is 36.2 Å². The molecule has 90 valence electrons. The molecule has 1 heterocycles. The first kappa shape index (κ1) is 13.4. The summed E-state index contributed by atoms with van der Waals surface area (Å²) in [5.41, 5.74) is 2.13. The first-order valence-corrected chi connectivity index (χ1v) is 6.51. The second-order valence-electron chi connectivity index (χ2n) is 4.28. The topological polar surface area (TPSA) is 34.9 Å². The average molecular weight is 287 g/mol. The van der Waals surface area contributed by atoms with Crippen LogP contribution in [-0.2, 0) is 17.8 Å². The highest BCUT2D eigenvalue weighted by Crippen LogP contribution is 2.22. The summed E-state index contributed by atoms with van der Waals surface area (Å²) in [4.78, 5) is 11.6. The summed E-state index contributed by atoms with van der Waals surface area (Å²) in [6.07, 6.45) is 1.37. The maximum absolute atomic E-state index is 11.6. The molecule has 0 aliphatic carbocycles. The Hall–Kier alpha value is -0.640. The van der Waals surface area contributed by atoms with Crippen LogP contribution >= 0.6 is 15.9 Å². The molecule has 16 heavy (non-hydrogen) atoms. The van der Waals surface area contributed by atoms with Gasteiger partial charge in [-0.25, -0.2) is 0 Å². The third-order valence-electron chi connectivity index (χ3n) is 2.70. The molecule has 0 aromatic carbocycles. The maximum Gasteiger partial charge on any atom is 0.135 e. The molecule has 1 aromatic rings. The normalized spacial score (nSPS) is 11.1. The van der Waals surface area contributed by atoms with Gasteiger partial charge in [-0.15, -0.1) is 0 Å². The van der Waals surface area contributed by atoms with Gasteiger partial charge in [0, 0.05) is 18.9 Å². The molecule has 1 aromatic heterocycles. The standard InChI is InChI=1S/C12H19BrN2O/c1-5-15-10(12(13)9(4)14-15)6-7-11(16)8(2)3/h8H,5-7H2,1-4H3. The van der Waals surface area contributed by atoms with Crippen LogP contribution in [0.25, 0.3) is 0 Å². The number of aryl methyl sites for hydroxylation is 2. The minimum Gasteiger partial charge on any atom is -0.299 e. The van der Waals surface area contributed by atoms with Crippen molar-refractivity contribution in [1.29, 1.82) is 0 Å². The molecule has 0 amide bonds. The molecule has 0 fully saturated rings. The third-order valence-corrected chi connectivity index (χ3v) is 3.74. The number of ketones is 1. The highest BCUT2D eigenvalue weighted by Gasteiger charge is 2.14. The highest BCUT2D eigenvalue weighted by molar-refractivity contribution is 9.10. The molecule has 0 unspecified atom stereocenters. The molecule has 0 saturated heterocycles. The number of aromatic nitrogens is 2. The van der Waals surface area contributed by atoms with Crippen molar-refractivity contribution in [3.8, 4) is 0 Å². The number of carbonyl (C=O) groups is 1. The Bertz CT molecular complexity index is 383. The zero-order valence-electron chi connectivity index (χ0n) is 10.4. The summed E-state index contributed by atoms with van der Waals surface area (Å²) in [5.74, 6) is 0.436. The summed E-state index contributed by atoms with van der Waals surface area (Å²) in [7, 11) is 0. The van der Waals surface area contributed by atoms with Gasteiger partial charge in [-0.1, -0.05) is 13.8 Å². The Labute approximate surface area is 105 Å². The Balaban J connectivity index is 2.77. The highest BCUT2D eigenvalue weighted by atomic mass is 79.9. The van der Waals surface area contributed by atoms with Gasteiger partial charge in [0.15, 0.2) is 0 Å². The van der Waals surface area contributed by atoms with Crippen LogP contribution in [0.1, 0.15) is 38.6 Å². The van der Waals surface area contributed by atoms with Crippen molar-refractivity contribution >= 4 is 21.7 Å². The maximum atomic E-state index is 11.6. The number of hydrogen-bond donors (Lipinski definition) is 0. The average Bonchev–Trinajstić information content (AvgIpc) is 2.51. The Morgan fingerprint density at radius 1 is 1.50 bits per heavy atom. The van der Waals surface area contributed by atoms with Gasteiger partial charge in [-0.2, -0.15) is 5.10 Å². The van der Waals surface area contributed by atoms with Crippen molar-refractivity contribution in [2.45, 2.75) is 47.1 Å². The number of nitrogens with zero attached hydrogens (tertiary/aromatic N) is 2. The summed E-state index contributed by atoms with van der Waals surface area (Å²) in [6, 6.07) is 0. The van der Waals surface area contributed by atoms with Crippen LogP contribution in [0.3, 0.4) is 0 Å². The number of Topliss-reactive ketones (excluding diaryl/α,β-unsaturated/α-hetero) is 1. The largest absolute Gasteiger partial charge is 0.299 e. The van der Waals surface area contributed by atoms with Crippen molar-refractivity contribution in [3.63, 3.8) is 0 Å². The predicted octanol–water partition coefficient (Wildman–Crippen LogP) is 3.13. The Morgan fingerprint density at radius 2 is 2.12 bits per heavy atom. The lowest BCUT2D eigenvalue weighted by molar-refractivity contribution is -0.121. The fourth-order valence-corrected chi connectivity index (χ4v) is 2.12. The van der Waals surface area contributed by atoms with E-state index in [0.717, 1.165) is 28.8 Å². The van der Waals surface area contributed by atoms with Crippen molar-refractivity contribution in [1.82, 2.24) is 9.78 Å². The van der Waals surface area contributed by atoms with Crippen LogP contribution in [-0.4, -0.2) is 15.6 Å². The predicted molar refractivity (Wildman–Crippen MR) is 68.5 cm³/mol. The molecule has 0 saturated carbocycles. The molecular weight excluding hydrogens is 268 g/mol. The minimum absolute atomic E-state index is 0.123. The Kier molecular flexibility index (Phi) is 4.71. The van der Waals surface area contributed by atoms with E-state index < -0.39 is 0 Å². The molecular formula is C12H19BrN2O. The van der Waals surface area contributed by atoms with Gasteiger partial charge < -0.3 is 0 Å². The van der Waals surface area contributed by atoms with E-state index in [1.165, 1.54) is 0 Å². The van der Waals surface area contributed by atoms with Crippen molar-refractivity contribution < 1.29 is 4.79 Å². The molecule has 0 radical (unpaired) electrons. The van der Waals surface area contributed by atoms with Crippen molar-refractivity contribution in [2.75, 3.05) is 0 Å². The lowest BCUT2D eigenvalue weighted by atomic mass is 10.0.